The lowest BCUT2D eigenvalue weighted by molar-refractivity contribution is -0.132. The lowest BCUT2D eigenvalue weighted by Gasteiger charge is -2.39. The fraction of sp³-hybridized carbons (Fsp3) is 0.191. The number of hydrogen-bond acceptors (Lipinski definition) is 8. The van der Waals surface area contributed by atoms with Crippen LogP contribution in [0, 0.1) is 0 Å². The van der Waals surface area contributed by atoms with Gasteiger partial charge in [0.05, 0.1) is 40.5 Å². The predicted molar refractivity (Wildman–Crippen MR) is 217 cm³/mol. The molecule has 0 saturated carbocycles. The van der Waals surface area contributed by atoms with Gasteiger partial charge in [0.25, 0.3) is 0 Å². The molecule has 6 aromatic carbocycles. The Bertz CT molecular complexity index is 1960. The number of benzene rings is 6. The Hall–Kier alpha value is -6.62. The number of rotatable bonds is 16. The summed E-state index contributed by atoms with van der Waals surface area (Å²) in [5, 5.41) is 31.9. The van der Waals surface area contributed by atoms with Crippen molar-refractivity contribution in [1.29, 1.82) is 0 Å². The molecule has 0 aliphatic carbocycles. The molecule has 2 atom stereocenters. The number of hydrogen-bond donors (Lipinski definition) is 4. The maximum atomic E-state index is 14.2. The van der Waals surface area contributed by atoms with Crippen LogP contribution < -0.4 is 29.6 Å². The summed E-state index contributed by atoms with van der Waals surface area (Å²) >= 11 is 0. The Morgan fingerprint density at radius 1 is 0.439 bits per heavy atom. The monoisotopic (exact) mass is 766 g/mol. The molecular formula is C47H46N2O8. The van der Waals surface area contributed by atoms with Crippen LogP contribution in [0.2, 0.25) is 0 Å². The zero-order valence-electron chi connectivity index (χ0n) is 32.2. The maximum absolute atomic E-state index is 14.2. The third-order valence-electron chi connectivity index (χ3n) is 10.2. The molecule has 10 heteroatoms. The summed E-state index contributed by atoms with van der Waals surface area (Å²) in [6, 6.07) is 43.8. The highest BCUT2D eigenvalue weighted by Crippen LogP contribution is 2.44. The molecule has 0 aromatic heterocycles. The van der Waals surface area contributed by atoms with E-state index in [-0.39, 0.29) is 0 Å². The van der Waals surface area contributed by atoms with Crippen LogP contribution in [0.3, 0.4) is 0 Å². The van der Waals surface area contributed by atoms with Crippen molar-refractivity contribution < 1.29 is 38.7 Å². The van der Waals surface area contributed by atoms with Crippen LogP contribution in [0.5, 0.6) is 23.0 Å². The van der Waals surface area contributed by atoms with Gasteiger partial charge in [0.2, 0.25) is 11.8 Å². The smallest absolute Gasteiger partial charge is 0.230 e. The van der Waals surface area contributed by atoms with Gasteiger partial charge in [-0.1, -0.05) is 109 Å². The fourth-order valence-electron chi connectivity index (χ4n) is 7.10. The minimum absolute atomic E-state index is 0.472. The van der Waals surface area contributed by atoms with Crippen molar-refractivity contribution in [3.05, 3.63) is 191 Å². The number of ether oxygens (including phenoxy) is 4. The molecule has 0 saturated heterocycles. The number of amides is 2. The van der Waals surface area contributed by atoms with Crippen molar-refractivity contribution in [1.82, 2.24) is 10.6 Å². The van der Waals surface area contributed by atoms with Crippen molar-refractivity contribution in [3.8, 4) is 23.0 Å². The summed E-state index contributed by atoms with van der Waals surface area (Å²) in [5.74, 6) is 1.03. The standard InChI is InChI=1S/C47H46N2O8/c1-54-38-23-15-34(16-24-38)46(52,35-17-25-39(55-2)26-18-35)44(32-11-7-5-8-12-32)48-42(50)31-43(51)49-45(33-13-9-6-10-14-33)47(53,36-19-27-40(56-3)28-20-36)37-21-29-41(57-4)30-22-37/h5-30,44-45,52-53H,31H2,1-4H3,(H,48,50)(H,49,51). The lowest BCUT2D eigenvalue weighted by atomic mass is 9.77. The van der Waals surface area contributed by atoms with Crippen LogP contribution in [0.15, 0.2) is 158 Å². The Balaban J connectivity index is 1.37. The van der Waals surface area contributed by atoms with Gasteiger partial charge < -0.3 is 39.8 Å². The molecule has 0 bridgehead atoms. The first-order chi connectivity index (χ1) is 27.6. The second-order valence-corrected chi connectivity index (χ2v) is 13.4. The molecule has 2 unspecified atom stereocenters. The highest BCUT2D eigenvalue weighted by molar-refractivity contribution is 5.97. The molecule has 57 heavy (non-hydrogen) atoms. The largest absolute Gasteiger partial charge is 0.497 e. The molecule has 0 fully saturated rings. The van der Waals surface area contributed by atoms with Crippen molar-refractivity contribution in [2.75, 3.05) is 28.4 Å². The minimum atomic E-state index is -1.83. The van der Waals surface area contributed by atoms with Crippen LogP contribution in [-0.2, 0) is 20.8 Å². The van der Waals surface area contributed by atoms with Gasteiger partial charge in [-0.3, -0.25) is 9.59 Å². The summed E-state index contributed by atoms with van der Waals surface area (Å²) in [5.41, 5.74) is -0.587. The van der Waals surface area contributed by atoms with E-state index in [2.05, 4.69) is 10.6 Å². The number of aliphatic hydroxyl groups is 2. The first-order valence-electron chi connectivity index (χ1n) is 18.4. The van der Waals surface area contributed by atoms with Crippen molar-refractivity contribution in [2.24, 2.45) is 0 Å². The first-order valence-corrected chi connectivity index (χ1v) is 18.4. The molecule has 10 nitrogen and oxygen atoms in total. The Morgan fingerprint density at radius 2 is 0.684 bits per heavy atom. The first kappa shape index (κ1) is 40.1. The minimum Gasteiger partial charge on any atom is -0.497 e. The van der Waals surface area contributed by atoms with Gasteiger partial charge in [-0.2, -0.15) is 0 Å². The zero-order chi connectivity index (χ0) is 40.4. The van der Waals surface area contributed by atoms with Gasteiger partial charge >= 0.3 is 0 Å². The lowest BCUT2D eigenvalue weighted by Crippen LogP contribution is -2.48. The van der Waals surface area contributed by atoms with Gasteiger partial charge in [0.1, 0.15) is 40.6 Å². The number of carbonyl (C=O) groups is 2. The number of methoxy groups -OCH3 is 4. The van der Waals surface area contributed by atoms with Gasteiger partial charge in [0.15, 0.2) is 0 Å². The van der Waals surface area contributed by atoms with Crippen molar-refractivity contribution in [3.63, 3.8) is 0 Å². The molecule has 0 aliphatic rings. The molecule has 0 radical (unpaired) electrons. The molecule has 292 valence electrons. The van der Waals surface area contributed by atoms with Gasteiger partial charge in [-0.25, -0.2) is 0 Å². The quantitative estimate of drug-likeness (QED) is 0.0775. The second kappa shape index (κ2) is 17.9. The highest BCUT2D eigenvalue weighted by Gasteiger charge is 2.44. The van der Waals surface area contributed by atoms with Gasteiger partial charge in [-0.05, 0) is 81.9 Å². The van der Waals surface area contributed by atoms with Crippen LogP contribution in [-0.4, -0.2) is 50.5 Å². The summed E-state index contributed by atoms with van der Waals surface area (Å²) in [4.78, 5) is 28.4. The van der Waals surface area contributed by atoms with Gasteiger partial charge in [-0.15, -0.1) is 0 Å². The number of nitrogens with one attached hydrogen (secondary N) is 2. The van der Waals surface area contributed by atoms with Crippen molar-refractivity contribution in [2.45, 2.75) is 29.7 Å². The molecule has 6 aromatic rings. The van der Waals surface area contributed by atoms with E-state index in [0.717, 1.165) is 0 Å². The molecular weight excluding hydrogens is 721 g/mol. The molecule has 6 rings (SSSR count). The summed E-state index contributed by atoms with van der Waals surface area (Å²) < 4.78 is 21.6. The summed E-state index contributed by atoms with van der Waals surface area (Å²) in [6.07, 6.45) is -0.630. The topological polar surface area (TPSA) is 136 Å². The molecule has 4 N–H and O–H groups in total. The Morgan fingerprint density at radius 3 is 0.912 bits per heavy atom. The van der Waals surface area contributed by atoms with E-state index in [4.69, 9.17) is 18.9 Å². The Kier molecular flexibility index (Phi) is 12.6. The second-order valence-electron chi connectivity index (χ2n) is 13.4. The van der Waals surface area contributed by atoms with Crippen LogP contribution in [0.4, 0.5) is 0 Å². The average Bonchev–Trinajstić information content (AvgIpc) is 3.27. The highest BCUT2D eigenvalue weighted by atomic mass is 16.5. The van der Waals surface area contributed by atoms with E-state index < -0.39 is 41.5 Å². The maximum Gasteiger partial charge on any atom is 0.230 e. The van der Waals surface area contributed by atoms with E-state index in [1.165, 1.54) is 0 Å². The number of carbonyl (C=O) groups excluding carboxylic acids is 2. The SMILES string of the molecule is COc1ccc(C(O)(c2ccc(OC)cc2)C(NC(=O)CC(=O)NC(c2ccccc2)C(O)(c2ccc(OC)cc2)c2ccc(OC)cc2)c2ccccc2)cc1. The molecule has 0 aliphatic heterocycles. The van der Waals surface area contributed by atoms with Crippen LogP contribution in [0.25, 0.3) is 0 Å². The predicted octanol–water partition coefficient (Wildman–Crippen LogP) is 7.00. The van der Waals surface area contributed by atoms with Gasteiger partial charge in [0, 0.05) is 0 Å². The van der Waals surface area contributed by atoms with E-state index in [1.54, 1.807) is 150 Å². The zero-order valence-corrected chi connectivity index (χ0v) is 32.2. The van der Waals surface area contributed by atoms with E-state index in [9.17, 15) is 19.8 Å². The van der Waals surface area contributed by atoms with E-state index in [0.29, 0.717) is 56.4 Å². The van der Waals surface area contributed by atoms with E-state index in [1.807, 2.05) is 36.4 Å². The van der Waals surface area contributed by atoms with Crippen molar-refractivity contribution >= 4 is 11.8 Å². The fourth-order valence-corrected chi connectivity index (χ4v) is 7.10. The Labute approximate surface area is 332 Å². The summed E-state index contributed by atoms with van der Waals surface area (Å²) in [6.45, 7) is 0. The third kappa shape index (κ3) is 8.62. The molecule has 0 spiro atoms. The third-order valence-corrected chi connectivity index (χ3v) is 10.2. The van der Waals surface area contributed by atoms with Crippen LogP contribution >= 0.6 is 0 Å². The normalized spacial score (nSPS) is 12.5. The molecule has 0 heterocycles. The van der Waals surface area contributed by atoms with E-state index >= 15 is 0 Å². The average molecular weight is 767 g/mol. The summed E-state index contributed by atoms with van der Waals surface area (Å²) in [7, 11) is 6.22. The molecule has 2 amide bonds. The van der Waals surface area contributed by atoms with Crippen LogP contribution in [0.1, 0.15) is 51.9 Å².